The maximum atomic E-state index is 12.8. The van der Waals surface area contributed by atoms with Gasteiger partial charge in [0.15, 0.2) is 5.82 Å². The number of amides is 1. The number of carbonyl (C=O) groups excluding carboxylic acids is 1. The highest BCUT2D eigenvalue weighted by Gasteiger charge is 2.30. The van der Waals surface area contributed by atoms with Crippen LogP contribution in [0.4, 0.5) is 0 Å². The molecule has 4 aliphatic rings. The van der Waals surface area contributed by atoms with Crippen LogP contribution in [0.25, 0.3) is 0 Å². The van der Waals surface area contributed by atoms with Crippen LogP contribution < -0.4 is 0 Å². The molecule has 0 aromatic heterocycles. The van der Waals surface area contributed by atoms with Gasteiger partial charge in [-0.3, -0.25) is 14.6 Å². The summed E-state index contributed by atoms with van der Waals surface area (Å²) in [6, 6.07) is 0.777. The number of hydrogen-bond acceptors (Lipinski definition) is 7. The third kappa shape index (κ3) is 4.93. The highest BCUT2D eigenvalue weighted by atomic mass is 16.2. The van der Waals surface area contributed by atoms with Crippen molar-refractivity contribution in [2.45, 2.75) is 38.1 Å². The molecule has 0 aromatic rings. The van der Waals surface area contributed by atoms with Crippen LogP contribution in [0.15, 0.2) is 39.4 Å². The first-order valence-electron chi connectivity index (χ1n) is 10.9. The van der Waals surface area contributed by atoms with Crippen LogP contribution in [-0.2, 0) is 4.79 Å². The smallest absolute Gasteiger partial charge is 0.236 e. The molecule has 8 nitrogen and oxygen atoms in total. The molecule has 0 N–H and O–H groups in total. The van der Waals surface area contributed by atoms with Gasteiger partial charge in [0, 0.05) is 58.8 Å². The largest absolute Gasteiger partial charge is 0.339 e. The number of hydrazone groups is 1. The summed E-state index contributed by atoms with van der Waals surface area (Å²) in [6.07, 6.45) is 7.80. The summed E-state index contributed by atoms with van der Waals surface area (Å²) < 4.78 is 0. The lowest BCUT2D eigenvalue weighted by molar-refractivity contribution is -0.134. The Bertz CT molecular complexity index is 717. The van der Waals surface area contributed by atoms with Crippen molar-refractivity contribution in [1.29, 1.82) is 0 Å². The zero-order valence-electron chi connectivity index (χ0n) is 17.6. The summed E-state index contributed by atoms with van der Waals surface area (Å²) in [4.78, 5) is 19.6. The fourth-order valence-corrected chi connectivity index (χ4v) is 4.36. The van der Waals surface area contributed by atoms with Crippen LogP contribution >= 0.6 is 0 Å². The molecule has 3 aliphatic heterocycles. The van der Waals surface area contributed by atoms with Gasteiger partial charge in [0.25, 0.3) is 0 Å². The Kier molecular flexibility index (Phi) is 6.40. The predicted molar refractivity (Wildman–Crippen MR) is 114 cm³/mol. The standard InChI is InChI=1S/C21H33N7O/c1-17-15-26(10-8-19(17)24-25(2)20-7-4-9-22-23-20)16-21(29)28-13-11-27(12-14-28)18-5-3-6-18/h7,18H,1,3-6,8-16H2,2H3/b24-19-. The van der Waals surface area contributed by atoms with E-state index in [9.17, 15) is 4.79 Å². The molecule has 1 aliphatic carbocycles. The van der Waals surface area contributed by atoms with Crippen molar-refractivity contribution < 1.29 is 4.79 Å². The van der Waals surface area contributed by atoms with Gasteiger partial charge in [-0.15, -0.1) is 5.11 Å². The van der Waals surface area contributed by atoms with Gasteiger partial charge in [-0.05, 0) is 30.9 Å². The van der Waals surface area contributed by atoms with Gasteiger partial charge in [-0.25, -0.2) is 5.01 Å². The molecule has 0 bridgehead atoms. The van der Waals surface area contributed by atoms with E-state index in [1.54, 1.807) is 5.01 Å². The monoisotopic (exact) mass is 399 g/mol. The lowest BCUT2D eigenvalue weighted by Crippen LogP contribution is -2.55. The number of nitrogens with zero attached hydrogens (tertiary/aromatic N) is 7. The van der Waals surface area contributed by atoms with Gasteiger partial charge in [0.05, 0.1) is 18.8 Å². The van der Waals surface area contributed by atoms with E-state index in [1.807, 2.05) is 11.9 Å². The number of piperazine rings is 1. The number of carbonyl (C=O) groups is 1. The lowest BCUT2D eigenvalue weighted by atomic mass is 9.91. The van der Waals surface area contributed by atoms with Crippen LogP contribution in [0.5, 0.6) is 0 Å². The number of hydrogen-bond donors (Lipinski definition) is 0. The Morgan fingerprint density at radius 2 is 2.07 bits per heavy atom. The first-order chi connectivity index (χ1) is 14.1. The van der Waals surface area contributed by atoms with Gasteiger partial charge >= 0.3 is 0 Å². The molecule has 0 spiro atoms. The molecule has 3 fully saturated rings. The van der Waals surface area contributed by atoms with E-state index in [-0.39, 0.29) is 5.91 Å². The molecule has 8 heteroatoms. The van der Waals surface area contributed by atoms with Crippen molar-refractivity contribution in [3.63, 3.8) is 0 Å². The average Bonchev–Trinajstić information content (AvgIpc) is 2.70. The fraction of sp³-hybridized carbons (Fsp3) is 0.714. The average molecular weight is 400 g/mol. The van der Waals surface area contributed by atoms with Crippen molar-refractivity contribution >= 4 is 11.6 Å². The molecule has 0 atom stereocenters. The Morgan fingerprint density at radius 1 is 1.28 bits per heavy atom. The van der Waals surface area contributed by atoms with Crippen molar-refractivity contribution in [3.05, 3.63) is 24.0 Å². The molecular weight excluding hydrogens is 366 g/mol. The van der Waals surface area contributed by atoms with Gasteiger partial charge in [-0.1, -0.05) is 13.0 Å². The minimum Gasteiger partial charge on any atom is -0.339 e. The van der Waals surface area contributed by atoms with Crippen LogP contribution in [-0.4, -0.2) is 96.8 Å². The fourth-order valence-electron chi connectivity index (χ4n) is 4.36. The third-order valence-electron chi connectivity index (χ3n) is 6.44. The zero-order chi connectivity index (χ0) is 20.2. The number of azo groups is 1. The first kappa shape index (κ1) is 20.2. The van der Waals surface area contributed by atoms with Gasteiger partial charge < -0.3 is 4.90 Å². The van der Waals surface area contributed by atoms with Crippen molar-refractivity contribution in [1.82, 2.24) is 19.7 Å². The van der Waals surface area contributed by atoms with Crippen molar-refractivity contribution in [3.8, 4) is 0 Å². The second-order valence-electron chi connectivity index (χ2n) is 8.45. The Morgan fingerprint density at radius 3 is 2.69 bits per heavy atom. The second kappa shape index (κ2) is 9.17. The van der Waals surface area contributed by atoms with Crippen molar-refractivity contribution in [2.75, 3.05) is 59.4 Å². The molecule has 158 valence electrons. The summed E-state index contributed by atoms with van der Waals surface area (Å²) in [5.74, 6) is 1.03. The molecule has 2 saturated heterocycles. The van der Waals surface area contributed by atoms with Crippen LogP contribution in [0.2, 0.25) is 0 Å². The molecular formula is C21H33N7O. The maximum absolute atomic E-state index is 12.8. The van der Waals surface area contributed by atoms with Gasteiger partial charge in [0.2, 0.25) is 5.91 Å². The summed E-state index contributed by atoms with van der Waals surface area (Å²) in [5.41, 5.74) is 1.98. The third-order valence-corrected chi connectivity index (χ3v) is 6.44. The van der Waals surface area contributed by atoms with E-state index < -0.39 is 0 Å². The van der Waals surface area contributed by atoms with E-state index in [4.69, 9.17) is 0 Å². The molecule has 1 saturated carbocycles. The molecule has 3 heterocycles. The molecule has 0 radical (unpaired) electrons. The lowest BCUT2D eigenvalue weighted by Gasteiger charge is -2.43. The van der Waals surface area contributed by atoms with Crippen LogP contribution in [0.1, 0.15) is 32.1 Å². The summed E-state index contributed by atoms with van der Waals surface area (Å²) in [5, 5.41) is 14.7. The van der Waals surface area contributed by atoms with Gasteiger partial charge in [-0.2, -0.15) is 10.2 Å². The zero-order valence-corrected chi connectivity index (χ0v) is 17.6. The normalized spacial score (nSPS) is 25.8. The molecule has 29 heavy (non-hydrogen) atoms. The molecule has 4 rings (SSSR count). The number of likely N-dealkylation sites (tertiary alicyclic amines) is 1. The quantitative estimate of drug-likeness (QED) is 0.663. The maximum Gasteiger partial charge on any atom is 0.236 e. The van der Waals surface area contributed by atoms with E-state index in [2.05, 4.69) is 37.8 Å². The summed E-state index contributed by atoms with van der Waals surface area (Å²) >= 11 is 0. The number of piperidine rings is 1. The second-order valence-corrected chi connectivity index (χ2v) is 8.45. The molecule has 1 amide bonds. The van der Waals surface area contributed by atoms with E-state index in [0.717, 1.165) is 75.3 Å². The highest BCUT2D eigenvalue weighted by molar-refractivity contribution is 6.00. The van der Waals surface area contributed by atoms with E-state index in [0.29, 0.717) is 13.1 Å². The molecule has 0 aromatic carbocycles. The Balaban J connectivity index is 1.24. The minimum atomic E-state index is 0.247. The van der Waals surface area contributed by atoms with Crippen molar-refractivity contribution in [2.24, 2.45) is 15.3 Å². The number of rotatable bonds is 5. The van der Waals surface area contributed by atoms with Crippen LogP contribution in [0, 0.1) is 0 Å². The Labute approximate surface area is 173 Å². The topological polar surface area (TPSA) is 67.1 Å². The first-order valence-corrected chi connectivity index (χ1v) is 10.9. The Hall–Kier alpha value is -2.06. The van der Waals surface area contributed by atoms with Crippen LogP contribution in [0.3, 0.4) is 0 Å². The minimum absolute atomic E-state index is 0.247. The highest BCUT2D eigenvalue weighted by Crippen LogP contribution is 2.25. The van der Waals surface area contributed by atoms with Gasteiger partial charge in [0.1, 0.15) is 0 Å². The summed E-state index contributed by atoms with van der Waals surface area (Å²) in [6.45, 7) is 10.7. The predicted octanol–water partition coefficient (Wildman–Crippen LogP) is 1.93. The SMILES string of the molecule is C=C1CN(CC(=O)N2CCN(C3CCC3)CC2)CC/C1=N/N(C)C1=CCCN=N1. The molecule has 0 unspecified atom stereocenters. The van der Waals surface area contributed by atoms with E-state index in [1.165, 1.54) is 19.3 Å². The summed E-state index contributed by atoms with van der Waals surface area (Å²) in [7, 11) is 1.90. The van der Waals surface area contributed by atoms with E-state index >= 15 is 0 Å².